The Labute approximate surface area is 118 Å². The molecule has 0 aliphatic rings. The van der Waals surface area contributed by atoms with Gasteiger partial charge in [0.15, 0.2) is 0 Å². The lowest BCUT2D eigenvalue weighted by Crippen LogP contribution is -2.14. The Bertz CT molecular complexity index is 712. The van der Waals surface area contributed by atoms with E-state index in [2.05, 4.69) is 5.32 Å². The van der Waals surface area contributed by atoms with Crippen LogP contribution < -0.4 is 5.32 Å². The largest absolute Gasteiger partial charge is 0.322 e. The standard InChI is InChI=1S/C14H10F2N2O3/c1-8-12(3-2-4-13(8)18(20)21)14(19)17-11-6-9(15)5-10(16)7-11/h2-7H,1H3,(H,17,19). The number of nitrogens with one attached hydrogen (secondary N) is 1. The van der Waals surface area contributed by atoms with Crippen LogP contribution in [-0.4, -0.2) is 10.8 Å². The summed E-state index contributed by atoms with van der Waals surface area (Å²) in [5.74, 6) is -2.34. The number of hydrogen-bond acceptors (Lipinski definition) is 3. The first kappa shape index (κ1) is 14.6. The van der Waals surface area contributed by atoms with Crippen molar-refractivity contribution in [3.63, 3.8) is 0 Å². The zero-order chi connectivity index (χ0) is 15.6. The molecule has 0 spiro atoms. The average molecular weight is 292 g/mol. The summed E-state index contributed by atoms with van der Waals surface area (Å²) in [7, 11) is 0. The second-order valence-electron chi connectivity index (χ2n) is 4.32. The minimum atomic E-state index is -0.832. The molecule has 108 valence electrons. The molecule has 1 N–H and O–H groups in total. The summed E-state index contributed by atoms with van der Waals surface area (Å²) < 4.78 is 26.1. The first-order valence-corrected chi connectivity index (χ1v) is 5.90. The lowest BCUT2D eigenvalue weighted by atomic mass is 10.1. The molecule has 0 heterocycles. The van der Waals surface area contributed by atoms with Crippen LogP contribution in [0, 0.1) is 28.7 Å². The highest BCUT2D eigenvalue weighted by Gasteiger charge is 2.18. The summed E-state index contributed by atoms with van der Waals surface area (Å²) in [6.45, 7) is 1.43. The third kappa shape index (κ3) is 3.19. The number of carbonyl (C=O) groups is 1. The van der Waals surface area contributed by atoms with Gasteiger partial charge in [0.25, 0.3) is 11.6 Å². The quantitative estimate of drug-likeness (QED) is 0.695. The van der Waals surface area contributed by atoms with E-state index >= 15 is 0 Å². The topological polar surface area (TPSA) is 72.2 Å². The molecule has 7 heteroatoms. The van der Waals surface area contributed by atoms with E-state index < -0.39 is 22.5 Å². The Morgan fingerprint density at radius 3 is 2.38 bits per heavy atom. The number of anilines is 1. The van der Waals surface area contributed by atoms with Gasteiger partial charge in [-0.2, -0.15) is 0 Å². The minimum Gasteiger partial charge on any atom is -0.322 e. The maximum absolute atomic E-state index is 13.0. The van der Waals surface area contributed by atoms with Gasteiger partial charge in [0.1, 0.15) is 11.6 Å². The Kier molecular flexibility index (Phi) is 3.93. The van der Waals surface area contributed by atoms with Crippen LogP contribution in [0.25, 0.3) is 0 Å². The van der Waals surface area contributed by atoms with Crippen molar-refractivity contribution in [1.29, 1.82) is 0 Å². The van der Waals surface area contributed by atoms with Gasteiger partial charge in [-0.15, -0.1) is 0 Å². The number of halogens is 2. The van der Waals surface area contributed by atoms with Gasteiger partial charge in [0.05, 0.1) is 4.92 Å². The van der Waals surface area contributed by atoms with E-state index in [1.165, 1.54) is 25.1 Å². The first-order valence-electron chi connectivity index (χ1n) is 5.90. The van der Waals surface area contributed by atoms with Crippen molar-refractivity contribution < 1.29 is 18.5 Å². The van der Waals surface area contributed by atoms with E-state index in [0.717, 1.165) is 12.1 Å². The third-order valence-corrected chi connectivity index (χ3v) is 2.87. The highest BCUT2D eigenvalue weighted by atomic mass is 19.1. The van der Waals surface area contributed by atoms with Gasteiger partial charge in [-0.1, -0.05) is 6.07 Å². The van der Waals surface area contributed by atoms with Crippen LogP contribution in [-0.2, 0) is 0 Å². The predicted octanol–water partition coefficient (Wildman–Crippen LogP) is 3.43. The molecule has 1 amide bonds. The van der Waals surface area contributed by atoms with Crippen molar-refractivity contribution in [2.45, 2.75) is 6.92 Å². The molecule has 5 nitrogen and oxygen atoms in total. The summed E-state index contributed by atoms with van der Waals surface area (Å²) in [6, 6.07) is 6.61. The Morgan fingerprint density at radius 2 is 1.81 bits per heavy atom. The molecule has 0 aromatic heterocycles. The van der Waals surface area contributed by atoms with E-state index in [1.807, 2.05) is 0 Å². The number of nitro benzene ring substituents is 1. The Balaban J connectivity index is 2.33. The molecule has 0 aliphatic heterocycles. The minimum absolute atomic E-state index is 0.0638. The highest BCUT2D eigenvalue weighted by Crippen LogP contribution is 2.22. The summed E-state index contributed by atoms with van der Waals surface area (Å²) in [5, 5.41) is 13.1. The number of carbonyl (C=O) groups excluding carboxylic acids is 1. The molecular weight excluding hydrogens is 282 g/mol. The second kappa shape index (κ2) is 5.66. The molecule has 2 rings (SSSR count). The Morgan fingerprint density at radius 1 is 1.19 bits per heavy atom. The van der Waals surface area contributed by atoms with Crippen molar-refractivity contribution in [3.8, 4) is 0 Å². The summed E-state index contributed by atoms with van der Waals surface area (Å²) >= 11 is 0. The third-order valence-electron chi connectivity index (χ3n) is 2.87. The number of benzene rings is 2. The molecule has 2 aromatic carbocycles. The summed E-state index contributed by atoms with van der Waals surface area (Å²) in [4.78, 5) is 22.3. The normalized spacial score (nSPS) is 10.2. The SMILES string of the molecule is Cc1c(C(=O)Nc2cc(F)cc(F)c2)cccc1[N+](=O)[O-]. The molecule has 0 radical (unpaired) electrons. The van der Waals surface area contributed by atoms with Gasteiger partial charge in [-0.25, -0.2) is 8.78 Å². The molecule has 21 heavy (non-hydrogen) atoms. The second-order valence-corrected chi connectivity index (χ2v) is 4.32. The van der Waals surface area contributed by atoms with Gasteiger partial charge in [-0.3, -0.25) is 14.9 Å². The maximum atomic E-state index is 13.0. The van der Waals surface area contributed by atoms with Crippen LogP contribution in [0.2, 0.25) is 0 Å². The smallest absolute Gasteiger partial charge is 0.273 e. The lowest BCUT2D eigenvalue weighted by molar-refractivity contribution is -0.385. The molecular formula is C14H10F2N2O3. The number of hydrogen-bond donors (Lipinski definition) is 1. The van der Waals surface area contributed by atoms with Crippen molar-refractivity contribution in [3.05, 3.63) is 69.3 Å². The fourth-order valence-corrected chi connectivity index (χ4v) is 1.89. The van der Waals surface area contributed by atoms with Crippen LogP contribution in [0.1, 0.15) is 15.9 Å². The van der Waals surface area contributed by atoms with Crippen LogP contribution in [0.4, 0.5) is 20.2 Å². The molecule has 0 saturated heterocycles. The van der Waals surface area contributed by atoms with Crippen molar-refractivity contribution in [2.24, 2.45) is 0 Å². The molecule has 0 unspecified atom stereocenters. The monoisotopic (exact) mass is 292 g/mol. The van der Waals surface area contributed by atoms with Crippen LogP contribution in [0.5, 0.6) is 0 Å². The fraction of sp³-hybridized carbons (Fsp3) is 0.0714. The van der Waals surface area contributed by atoms with E-state index in [1.54, 1.807) is 0 Å². The number of nitrogens with zero attached hydrogens (tertiary/aromatic N) is 1. The lowest BCUT2D eigenvalue weighted by Gasteiger charge is -2.08. The van der Waals surface area contributed by atoms with Crippen LogP contribution in [0.15, 0.2) is 36.4 Å². The molecule has 0 bridgehead atoms. The number of rotatable bonds is 3. The van der Waals surface area contributed by atoms with E-state index in [4.69, 9.17) is 0 Å². The van der Waals surface area contributed by atoms with E-state index in [9.17, 15) is 23.7 Å². The number of amides is 1. The Hall–Kier alpha value is -2.83. The molecule has 0 aliphatic carbocycles. The first-order chi connectivity index (χ1) is 9.88. The zero-order valence-corrected chi connectivity index (χ0v) is 10.9. The van der Waals surface area contributed by atoms with Gasteiger partial charge >= 0.3 is 0 Å². The van der Waals surface area contributed by atoms with Gasteiger partial charge < -0.3 is 5.32 Å². The van der Waals surface area contributed by atoms with Crippen molar-refractivity contribution in [2.75, 3.05) is 5.32 Å². The molecule has 0 saturated carbocycles. The van der Waals surface area contributed by atoms with E-state index in [-0.39, 0.29) is 22.5 Å². The number of nitro groups is 1. The molecule has 0 fully saturated rings. The van der Waals surface area contributed by atoms with Crippen LogP contribution in [0.3, 0.4) is 0 Å². The summed E-state index contributed by atoms with van der Waals surface area (Å²) in [5.41, 5.74) is -0.0257. The van der Waals surface area contributed by atoms with Crippen molar-refractivity contribution >= 4 is 17.3 Å². The molecule has 0 atom stereocenters. The zero-order valence-electron chi connectivity index (χ0n) is 10.9. The molecule has 2 aromatic rings. The van der Waals surface area contributed by atoms with E-state index in [0.29, 0.717) is 6.07 Å². The van der Waals surface area contributed by atoms with Gasteiger partial charge in [0, 0.05) is 28.9 Å². The highest BCUT2D eigenvalue weighted by molar-refractivity contribution is 6.05. The van der Waals surface area contributed by atoms with Gasteiger partial charge in [-0.05, 0) is 25.1 Å². The van der Waals surface area contributed by atoms with Gasteiger partial charge in [0.2, 0.25) is 0 Å². The van der Waals surface area contributed by atoms with Crippen molar-refractivity contribution in [1.82, 2.24) is 0 Å². The predicted molar refractivity (Wildman–Crippen MR) is 72.1 cm³/mol. The average Bonchev–Trinajstić information content (AvgIpc) is 2.37. The maximum Gasteiger partial charge on any atom is 0.273 e. The summed E-state index contributed by atoms with van der Waals surface area (Å²) in [6.07, 6.45) is 0. The van der Waals surface area contributed by atoms with Crippen LogP contribution >= 0.6 is 0 Å². The fourth-order valence-electron chi connectivity index (χ4n) is 1.89.